The molecule has 2 saturated heterocycles. The van der Waals surface area contributed by atoms with Crippen molar-refractivity contribution in [2.75, 3.05) is 25.4 Å². The Morgan fingerprint density at radius 3 is 2.67 bits per heavy atom. The van der Waals surface area contributed by atoms with E-state index in [2.05, 4.69) is 33.7 Å². The molecule has 1 unspecified atom stereocenters. The van der Waals surface area contributed by atoms with Gasteiger partial charge >= 0.3 is 0 Å². The van der Waals surface area contributed by atoms with E-state index in [1.807, 2.05) is 18.4 Å². The molecule has 0 spiro atoms. The van der Waals surface area contributed by atoms with Crippen LogP contribution in [0.5, 0.6) is 0 Å². The third-order valence-corrected chi connectivity index (χ3v) is 5.83. The average Bonchev–Trinajstić information content (AvgIpc) is 3.33. The standard InChI is InChI=1S/C20H33N7O3/c1-12(2)26(8-6-5-7-21)9-13-15-16(30-20(3,4)29-15)19(28-13)27-11-25-14-17(22)23-10-24-18(14)27/h10-13,15-16,19H,5-9,21H2,1-4H3,(H2,22,23,24)/t13-,15-,16?,19-/m1/s1. The number of fused-ring (bicyclic) bond motifs is 2. The molecular weight excluding hydrogens is 386 g/mol. The summed E-state index contributed by atoms with van der Waals surface area (Å²) in [5.74, 6) is -0.331. The van der Waals surface area contributed by atoms with Crippen LogP contribution < -0.4 is 11.5 Å². The van der Waals surface area contributed by atoms with Gasteiger partial charge in [0.25, 0.3) is 0 Å². The molecule has 2 aliphatic rings. The Bertz CT molecular complexity index is 871. The van der Waals surface area contributed by atoms with E-state index in [4.69, 9.17) is 25.7 Å². The molecule has 4 N–H and O–H groups in total. The molecule has 0 aromatic carbocycles. The molecule has 4 heterocycles. The number of anilines is 1. The number of aromatic nitrogens is 4. The highest BCUT2D eigenvalue weighted by atomic mass is 16.8. The number of hydrogen-bond acceptors (Lipinski definition) is 9. The van der Waals surface area contributed by atoms with E-state index in [1.54, 1.807) is 6.33 Å². The monoisotopic (exact) mass is 419 g/mol. The molecule has 10 heteroatoms. The first kappa shape index (κ1) is 21.4. The molecule has 166 valence electrons. The van der Waals surface area contributed by atoms with E-state index in [0.29, 0.717) is 29.6 Å². The molecule has 2 fully saturated rings. The van der Waals surface area contributed by atoms with Crippen molar-refractivity contribution in [3.05, 3.63) is 12.7 Å². The second kappa shape index (κ2) is 8.35. The van der Waals surface area contributed by atoms with Crippen LogP contribution in [0.25, 0.3) is 11.2 Å². The highest BCUT2D eigenvalue weighted by Gasteiger charge is 2.56. The SMILES string of the molecule is CC(C)N(CCCCN)C[C@H]1O[C@@H](n2cnc3c(N)ncnc32)C2OC(C)(C)O[C@@H]21. The first-order chi connectivity index (χ1) is 14.3. The van der Waals surface area contributed by atoms with Crippen LogP contribution in [-0.4, -0.2) is 74.2 Å². The summed E-state index contributed by atoms with van der Waals surface area (Å²) in [5, 5.41) is 0. The van der Waals surface area contributed by atoms with Gasteiger partial charge in [-0.1, -0.05) is 0 Å². The van der Waals surface area contributed by atoms with Gasteiger partial charge in [0.15, 0.2) is 23.5 Å². The van der Waals surface area contributed by atoms with Gasteiger partial charge in [0.2, 0.25) is 0 Å². The van der Waals surface area contributed by atoms with Crippen molar-refractivity contribution in [2.45, 2.75) is 76.9 Å². The van der Waals surface area contributed by atoms with E-state index in [0.717, 1.165) is 25.9 Å². The molecule has 2 aliphatic heterocycles. The minimum absolute atomic E-state index is 0.140. The third kappa shape index (κ3) is 4.02. The fourth-order valence-electron chi connectivity index (χ4n) is 4.34. The molecule has 0 amide bonds. The molecule has 0 radical (unpaired) electrons. The number of nitrogens with two attached hydrogens (primary N) is 2. The Kier molecular flexibility index (Phi) is 5.95. The van der Waals surface area contributed by atoms with Crippen molar-refractivity contribution in [1.29, 1.82) is 0 Å². The molecule has 4 rings (SSSR count). The predicted octanol–water partition coefficient (Wildman–Crippen LogP) is 1.28. The summed E-state index contributed by atoms with van der Waals surface area (Å²) < 4.78 is 20.9. The van der Waals surface area contributed by atoms with Crippen LogP contribution in [0.2, 0.25) is 0 Å². The number of unbranched alkanes of at least 4 members (excludes halogenated alkanes) is 1. The van der Waals surface area contributed by atoms with Gasteiger partial charge in [-0.3, -0.25) is 9.47 Å². The summed E-state index contributed by atoms with van der Waals surface area (Å²) in [4.78, 5) is 15.2. The molecule has 0 bridgehead atoms. The van der Waals surface area contributed by atoms with Crippen molar-refractivity contribution in [1.82, 2.24) is 24.4 Å². The Labute approximate surface area is 176 Å². The van der Waals surface area contributed by atoms with Crippen molar-refractivity contribution >= 4 is 17.0 Å². The number of ether oxygens (including phenoxy) is 3. The van der Waals surface area contributed by atoms with E-state index >= 15 is 0 Å². The van der Waals surface area contributed by atoms with Crippen LogP contribution in [0.1, 0.15) is 46.8 Å². The molecule has 4 atom stereocenters. The minimum atomic E-state index is -0.678. The van der Waals surface area contributed by atoms with Crippen molar-refractivity contribution in [3.63, 3.8) is 0 Å². The van der Waals surface area contributed by atoms with Gasteiger partial charge in [-0.15, -0.1) is 0 Å². The molecule has 30 heavy (non-hydrogen) atoms. The zero-order valence-electron chi connectivity index (χ0n) is 18.2. The lowest BCUT2D eigenvalue weighted by Crippen LogP contribution is -2.43. The average molecular weight is 420 g/mol. The molecule has 2 aromatic heterocycles. The quantitative estimate of drug-likeness (QED) is 0.608. The van der Waals surface area contributed by atoms with Gasteiger partial charge < -0.3 is 25.7 Å². The zero-order chi connectivity index (χ0) is 21.5. The third-order valence-electron chi connectivity index (χ3n) is 5.83. The lowest BCUT2D eigenvalue weighted by Gasteiger charge is -2.31. The molecule has 0 aliphatic carbocycles. The van der Waals surface area contributed by atoms with Gasteiger partial charge in [-0.05, 0) is 53.6 Å². The summed E-state index contributed by atoms with van der Waals surface area (Å²) in [7, 11) is 0. The van der Waals surface area contributed by atoms with E-state index < -0.39 is 12.0 Å². The number of imidazole rings is 1. The topological polar surface area (TPSA) is 127 Å². The van der Waals surface area contributed by atoms with Crippen molar-refractivity contribution < 1.29 is 14.2 Å². The molecule has 0 saturated carbocycles. The fourth-order valence-corrected chi connectivity index (χ4v) is 4.34. The Morgan fingerprint density at radius 1 is 1.17 bits per heavy atom. The van der Waals surface area contributed by atoms with Crippen LogP contribution >= 0.6 is 0 Å². The van der Waals surface area contributed by atoms with Crippen LogP contribution in [0.15, 0.2) is 12.7 Å². The van der Waals surface area contributed by atoms with Crippen molar-refractivity contribution in [2.24, 2.45) is 5.73 Å². The van der Waals surface area contributed by atoms with E-state index in [1.165, 1.54) is 6.33 Å². The largest absolute Gasteiger partial charge is 0.382 e. The zero-order valence-corrected chi connectivity index (χ0v) is 18.2. The maximum absolute atomic E-state index is 6.51. The second-order valence-electron chi connectivity index (χ2n) is 8.80. The highest BCUT2D eigenvalue weighted by Crippen LogP contribution is 2.44. The molecule has 10 nitrogen and oxygen atoms in total. The summed E-state index contributed by atoms with van der Waals surface area (Å²) in [6, 6.07) is 0.390. The van der Waals surface area contributed by atoms with Gasteiger partial charge in [0, 0.05) is 12.6 Å². The Hall–Kier alpha value is -1.85. The van der Waals surface area contributed by atoms with Crippen LogP contribution in [0.4, 0.5) is 5.82 Å². The van der Waals surface area contributed by atoms with Gasteiger partial charge in [0.05, 0.1) is 6.33 Å². The number of hydrogen-bond donors (Lipinski definition) is 2. The summed E-state index contributed by atoms with van der Waals surface area (Å²) in [6.45, 7) is 10.7. The lowest BCUT2D eigenvalue weighted by molar-refractivity contribution is -0.198. The first-order valence-electron chi connectivity index (χ1n) is 10.7. The van der Waals surface area contributed by atoms with Gasteiger partial charge in [0.1, 0.15) is 30.2 Å². The van der Waals surface area contributed by atoms with Crippen LogP contribution in [-0.2, 0) is 14.2 Å². The lowest BCUT2D eigenvalue weighted by atomic mass is 10.1. The van der Waals surface area contributed by atoms with E-state index in [9.17, 15) is 0 Å². The second-order valence-corrected chi connectivity index (χ2v) is 8.80. The number of nitrogen functional groups attached to an aromatic ring is 1. The Balaban J connectivity index is 1.59. The maximum atomic E-state index is 6.51. The summed E-state index contributed by atoms with van der Waals surface area (Å²) >= 11 is 0. The molecule has 2 aromatic rings. The van der Waals surface area contributed by atoms with E-state index in [-0.39, 0.29) is 18.3 Å². The first-order valence-corrected chi connectivity index (χ1v) is 10.7. The van der Waals surface area contributed by atoms with Crippen LogP contribution in [0, 0.1) is 0 Å². The number of nitrogens with zero attached hydrogens (tertiary/aromatic N) is 5. The van der Waals surface area contributed by atoms with Gasteiger partial charge in [-0.2, -0.15) is 0 Å². The Morgan fingerprint density at radius 2 is 1.93 bits per heavy atom. The van der Waals surface area contributed by atoms with Crippen molar-refractivity contribution in [3.8, 4) is 0 Å². The minimum Gasteiger partial charge on any atom is -0.382 e. The molecular formula is C20H33N7O3. The predicted molar refractivity (Wildman–Crippen MR) is 112 cm³/mol. The van der Waals surface area contributed by atoms with Gasteiger partial charge in [-0.25, -0.2) is 15.0 Å². The number of rotatable bonds is 8. The maximum Gasteiger partial charge on any atom is 0.167 e. The normalized spacial score (nSPS) is 28.1. The highest BCUT2D eigenvalue weighted by molar-refractivity contribution is 5.81. The fraction of sp³-hybridized carbons (Fsp3) is 0.750. The summed E-state index contributed by atoms with van der Waals surface area (Å²) in [5.41, 5.74) is 12.8. The van der Waals surface area contributed by atoms with Crippen LogP contribution in [0.3, 0.4) is 0 Å². The smallest absolute Gasteiger partial charge is 0.167 e. The summed E-state index contributed by atoms with van der Waals surface area (Å²) in [6.07, 6.45) is 4.21.